The molecule has 0 bridgehead atoms. The Balaban J connectivity index is 2.07. The third-order valence-electron chi connectivity index (χ3n) is 3.32. The Morgan fingerprint density at radius 3 is 2.45 bits per heavy atom. The lowest BCUT2D eigenvalue weighted by molar-refractivity contribution is -0.125. The number of benzene rings is 1. The van der Waals surface area contributed by atoms with Crippen LogP contribution in [0, 0.1) is 11.3 Å². The highest BCUT2D eigenvalue weighted by Crippen LogP contribution is 2.17. The summed E-state index contributed by atoms with van der Waals surface area (Å²) in [7, 11) is 0. The quantitative estimate of drug-likeness (QED) is 0.650. The predicted molar refractivity (Wildman–Crippen MR) is 80.5 cm³/mol. The number of likely N-dealkylation sites (tertiary alicyclic amines) is 1. The molecule has 0 aromatic heterocycles. The number of hydrogen-bond donors (Lipinski definition) is 1. The largest absolute Gasteiger partial charge is 0.484 e. The lowest BCUT2D eigenvalue weighted by Crippen LogP contribution is -2.28. The van der Waals surface area contributed by atoms with Gasteiger partial charge in [-0.25, -0.2) is 0 Å². The second kappa shape index (κ2) is 7.27. The molecule has 1 aromatic rings. The molecule has 0 saturated carbocycles. The van der Waals surface area contributed by atoms with Gasteiger partial charge in [0, 0.05) is 13.1 Å². The fourth-order valence-corrected chi connectivity index (χ4v) is 2.21. The molecule has 6 nitrogen and oxygen atoms in total. The number of hydrogen-bond acceptors (Lipinski definition) is 4. The zero-order chi connectivity index (χ0) is 15.9. The highest BCUT2D eigenvalue weighted by atomic mass is 16.5. The Kier molecular flexibility index (Phi) is 5.15. The zero-order valence-electron chi connectivity index (χ0n) is 12.1. The number of carbonyl (C=O) groups excluding carboxylic acids is 2. The number of nitriles is 1. The smallest absolute Gasteiger partial charge is 0.264 e. The van der Waals surface area contributed by atoms with E-state index in [4.69, 9.17) is 10.5 Å². The van der Waals surface area contributed by atoms with Crippen LogP contribution in [-0.4, -0.2) is 36.4 Å². The van der Waals surface area contributed by atoms with E-state index in [0.717, 1.165) is 18.4 Å². The molecular weight excluding hydrogens is 282 g/mol. The number of rotatable bonds is 5. The summed E-state index contributed by atoms with van der Waals surface area (Å²) in [5.74, 6) is -0.277. The van der Waals surface area contributed by atoms with Crippen LogP contribution in [0.2, 0.25) is 0 Å². The average Bonchev–Trinajstić information content (AvgIpc) is 3.05. The van der Waals surface area contributed by atoms with E-state index in [2.05, 4.69) is 0 Å². The number of primary amides is 1. The first-order valence-electron chi connectivity index (χ1n) is 7.02. The number of nitrogens with zero attached hydrogens (tertiary/aromatic N) is 2. The summed E-state index contributed by atoms with van der Waals surface area (Å²) in [5, 5.41) is 9.18. The fourth-order valence-electron chi connectivity index (χ4n) is 2.21. The molecule has 1 heterocycles. The van der Waals surface area contributed by atoms with Crippen LogP contribution in [-0.2, 0) is 9.59 Å². The van der Waals surface area contributed by atoms with Gasteiger partial charge in [0.05, 0.1) is 0 Å². The molecule has 22 heavy (non-hydrogen) atoms. The van der Waals surface area contributed by atoms with Gasteiger partial charge >= 0.3 is 0 Å². The molecule has 0 radical (unpaired) electrons. The third-order valence-corrected chi connectivity index (χ3v) is 3.32. The van der Waals surface area contributed by atoms with Crippen LogP contribution in [0.4, 0.5) is 0 Å². The number of carbonyl (C=O) groups is 2. The number of ether oxygens (including phenoxy) is 1. The maximum Gasteiger partial charge on any atom is 0.264 e. The van der Waals surface area contributed by atoms with Crippen LogP contribution in [0.25, 0.3) is 6.08 Å². The Morgan fingerprint density at radius 1 is 1.27 bits per heavy atom. The normalized spacial score (nSPS) is 14.5. The van der Waals surface area contributed by atoms with Crippen molar-refractivity contribution in [2.75, 3.05) is 19.7 Å². The van der Waals surface area contributed by atoms with Crippen LogP contribution in [0.1, 0.15) is 18.4 Å². The van der Waals surface area contributed by atoms with Crippen LogP contribution in [0.15, 0.2) is 29.8 Å². The average molecular weight is 299 g/mol. The van der Waals surface area contributed by atoms with Gasteiger partial charge in [-0.2, -0.15) is 5.26 Å². The molecule has 1 saturated heterocycles. The molecule has 1 aromatic carbocycles. The number of amides is 2. The monoisotopic (exact) mass is 299 g/mol. The lowest BCUT2D eigenvalue weighted by Gasteiger charge is -2.14. The predicted octanol–water partition coefficient (Wildman–Crippen LogP) is 1.08. The summed E-state index contributed by atoms with van der Waals surface area (Å²) >= 11 is 0. The van der Waals surface area contributed by atoms with Gasteiger partial charge in [0.2, 0.25) is 0 Å². The maximum absolute atomic E-state index is 12.2. The van der Waals surface area contributed by atoms with Gasteiger partial charge in [0.25, 0.3) is 11.8 Å². The van der Waals surface area contributed by atoms with Gasteiger partial charge in [-0.05, 0) is 36.6 Å². The van der Waals surface area contributed by atoms with Crippen molar-refractivity contribution < 1.29 is 14.3 Å². The maximum atomic E-state index is 12.2. The van der Waals surface area contributed by atoms with E-state index in [1.165, 1.54) is 0 Å². The second-order valence-corrected chi connectivity index (χ2v) is 4.99. The minimum atomic E-state index is -0.549. The first-order valence-corrected chi connectivity index (χ1v) is 7.02. The number of nitrogens with two attached hydrogens (primary N) is 1. The van der Waals surface area contributed by atoms with Gasteiger partial charge in [-0.15, -0.1) is 0 Å². The standard InChI is InChI=1S/C16H17N3O3/c17-10-13(16(21)19-7-1-2-8-19)9-12-3-5-14(6-4-12)22-11-15(18)20/h3-6,9H,1-2,7-8,11H2,(H2,18,20)/b13-9+. The molecule has 1 fully saturated rings. The third kappa shape index (κ3) is 4.09. The van der Waals surface area contributed by atoms with Crippen molar-refractivity contribution in [1.82, 2.24) is 4.90 Å². The summed E-state index contributed by atoms with van der Waals surface area (Å²) in [6.07, 6.45) is 3.52. The lowest BCUT2D eigenvalue weighted by atomic mass is 10.1. The van der Waals surface area contributed by atoms with Gasteiger partial charge in [-0.1, -0.05) is 12.1 Å². The van der Waals surface area contributed by atoms with Crippen molar-refractivity contribution in [3.05, 3.63) is 35.4 Å². The molecule has 0 atom stereocenters. The van der Waals surface area contributed by atoms with E-state index in [9.17, 15) is 14.9 Å². The van der Waals surface area contributed by atoms with Crippen LogP contribution >= 0.6 is 0 Å². The summed E-state index contributed by atoms with van der Waals surface area (Å²) < 4.78 is 5.15. The van der Waals surface area contributed by atoms with Crippen molar-refractivity contribution in [1.29, 1.82) is 5.26 Å². The van der Waals surface area contributed by atoms with E-state index in [-0.39, 0.29) is 18.1 Å². The molecule has 0 unspecified atom stereocenters. The van der Waals surface area contributed by atoms with Crippen molar-refractivity contribution in [2.24, 2.45) is 5.73 Å². The molecule has 0 aliphatic carbocycles. The van der Waals surface area contributed by atoms with Gasteiger partial charge < -0.3 is 15.4 Å². The SMILES string of the molecule is N#C/C(=C\c1ccc(OCC(N)=O)cc1)C(=O)N1CCCC1. The highest BCUT2D eigenvalue weighted by Gasteiger charge is 2.21. The molecule has 0 spiro atoms. The highest BCUT2D eigenvalue weighted by molar-refractivity contribution is 6.01. The summed E-state index contributed by atoms with van der Waals surface area (Å²) in [5.41, 5.74) is 5.83. The van der Waals surface area contributed by atoms with Gasteiger partial charge in [0.15, 0.2) is 6.61 Å². The fraction of sp³-hybridized carbons (Fsp3) is 0.312. The van der Waals surface area contributed by atoms with Crippen LogP contribution in [0.3, 0.4) is 0 Å². The van der Waals surface area contributed by atoms with Crippen LogP contribution in [0.5, 0.6) is 5.75 Å². The Bertz CT molecular complexity index is 623. The molecule has 2 amide bonds. The summed E-state index contributed by atoms with van der Waals surface area (Å²) in [4.78, 5) is 24.5. The van der Waals surface area contributed by atoms with Crippen molar-refractivity contribution in [2.45, 2.75) is 12.8 Å². The van der Waals surface area contributed by atoms with Gasteiger partial charge in [0.1, 0.15) is 17.4 Å². The molecule has 1 aliphatic rings. The Labute approximate surface area is 128 Å². The second-order valence-electron chi connectivity index (χ2n) is 4.99. The van der Waals surface area contributed by atoms with Gasteiger partial charge in [-0.3, -0.25) is 9.59 Å². The van der Waals surface area contributed by atoms with Crippen molar-refractivity contribution in [3.8, 4) is 11.8 Å². The molecular formula is C16H17N3O3. The van der Waals surface area contributed by atoms with Crippen molar-refractivity contribution >= 4 is 17.9 Å². The van der Waals surface area contributed by atoms with E-state index >= 15 is 0 Å². The van der Waals surface area contributed by atoms with E-state index in [1.54, 1.807) is 35.2 Å². The molecule has 114 valence electrons. The summed E-state index contributed by atoms with van der Waals surface area (Å²) in [6, 6.07) is 8.70. The first kappa shape index (κ1) is 15.6. The molecule has 6 heteroatoms. The summed E-state index contributed by atoms with van der Waals surface area (Å²) in [6.45, 7) is 1.22. The first-order chi connectivity index (χ1) is 10.6. The topological polar surface area (TPSA) is 96.4 Å². The van der Waals surface area contributed by atoms with Crippen LogP contribution < -0.4 is 10.5 Å². The molecule has 1 aliphatic heterocycles. The molecule has 2 rings (SSSR count). The minimum absolute atomic E-state index is 0.118. The van der Waals surface area contributed by atoms with Crippen molar-refractivity contribution in [3.63, 3.8) is 0 Å². The van der Waals surface area contributed by atoms with E-state index in [0.29, 0.717) is 18.8 Å². The minimum Gasteiger partial charge on any atom is -0.484 e. The Morgan fingerprint density at radius 2 is 1.91 bits per heavy atom. The van der Waals surface area contributed by atoms with E-state index < -0.39 is 5.91 Å². The zero-order valence-corrected chi connectivity index (χ0v) is 12.1. The van der Waals surface area contributed by atoms with E-state index in [1.807, 2.05) is 6.07 Å². The molecule has 2 N–H and O–H groups in total. The Hall–Kier alpha value is -2.81.